The molecule has 0 fully saturated rings. The van der Waals surface area contributed by atoms with E-state index in [1.165, 1.54) is 5.56 Å². The summed E-state index contributed by atoms with van der Waals surface area (Å²) < 4.78 is 5.61. The zero-order valence-electron chi connectivity index (χ0n) is 10.2. The van der Waals surface area contributed by atoms with Crippen LogP contribution in [0.3, 0.4) is 0 Å². The molecule has 0 amide bonds. The van der Waals surface area contributed by atoms with Crippen LogP contribution in [0.15, 0.2) is 18.5 Å². The quantitative estimate of drug-likeness (QED) is 0.738. The number of pyridine rings is 1. The Morgan fingerprint density at radius 2 is 2.12 bits per heavy atom. The van der Waals surface area contributed by atoms with Crippen LogP contribution in [0, 0.1) is 0 Å². The number of halogens is 1. The van der Waals surface area contributed by atoms with E-state index in [9.17, 15) is 0 Å². The van der Waals surface area contributed by atoms with Crippen LogP contribution >= 0.6 is 15.9 Å². The van der Waals surface area contributed by atoms with Crippen molar-refractivity contribution >= 4 is 15.9 Å². The lowest BCUT2D eigenvalue weighted by Crippen LogP contribution is -2.06. The Kier molecular flexibility index (Phi) is 5.81. The standard InChI is InChI=1S/C13H20BrNO/c1-4-12(14)6-5-11-7-13(9-15-8-11)16-10(2)3/h7-10,12H,4-6H2,1-3H3. The van der Waals surface area contributed by atoms with Crippen LogP contribution in [0.4, 0.5) is 0 Å². The summed E-state index contributed by atoms with van der Waals surface area (Å²) in [5.74, 6) is 0.870. The van der Waals surface area contributed by atoms with Crippen LogP contribution in [-0.4, -0.2) is 15.9 Å². The topological polar surface area (TPSA) is 22.1 Å². The van der Waals surface area contributed by atoms with Crippen LogP contribution in [-0.2, 0) is 6.42 Å². The monoisotopic (exact) mass is 285 g/mol. The predicted octanol–water partition coefficient (Wildman–Crippen LogP) is 3.97. The molecule has 90 valence electrons. The van der Waals surface area contributed by atoms with E-state index in [2.05, 4.69) is 33.9 Å². The lowest BCUT2D eigenvalue weighted by Gasteiger charge is -2.11. The van der Waals surface area contributed by atoms with Crippen LogP contribution < -0.4 is 4.74 Å². The van der Waals surface area contributed by atoms with Crippen molar-refractivity contribution in [2.24, 2.45) is 0 Å². The SMILES string of the molecule is CCC(Br)CCc1cncc(OC(C)C)c1. The first kappa shape index (κ1) is 13.5. The van der Waals surface area contributed by atoms with Gasteiger partial charge in [-0.25, -0.2) is 0 Å². The van der Waals surface area contributed by atoms with E-state index in [1.807, 2.05) is 20.0 Å². The third-order valence-electron chi connectivity index (χ3n) is 2.33. The minimum atomic E-state index is 0.205. The number of ether oxygens (including phenoxy) is 1. The van der Waals surface area contributed by atoms with Gasteiger partial charge in [-0.05, 0) is 44.7 Å². The zero-order valence-corrected chi connectivity index (χ0v) is 11.8. The summed E-state index contributed by atoms with van der Waals surface area (Å²) in [6, 6.07) is 2.09. The molecule has 1 atom stereocenters. The first-order chi connectivity index (χ1) is 7.61. The number of rotatable bonds is 6. The molecule has 0 aliphatic carbocycles. The number of hydrogen-bond acceptors (Lipinski definition) is 2. The molecule has 1 rings (SSSR count). The second-order valence-corrected chi connectivity index (χ2v) is 5.53. The van der Waals surface area contributed by atoms with Gasteiger partial charge in [0.2, 0.25) is 0 Å². The Morgan fingerprint density at radius 1 is 1.38 bits per heavy atom. The molecule has 0 bridgehead atoms. The number of aryl methyl sites for hydroxylation is 1. The third-order valence-corrected chi connectivity index (χ3v) is 3.44. The van der Waals surface area contributed by atoms with Crippen molar-refractivity contribution in [3.8, 4) is 5.75 Å². The van der Waals surface area contributed by atoms with Crippen LogP contribution in [0.5, 0.6) is 5.75 Å². The normalized spacial score (nSPS) is 12.8. The summed E-state index contributed by atoms with van der Waals surface area (Å²) in [5, 5.41) is 0. The van der Waals surface area contributed by atoms with E-state index in [1.54, 1.807) is 6.20 Å². The maximum absolute atomic E-state index is 5.61. The van der Waals surface area contributed by atoms with Crippen LogP contribution in [0.2, 0.25) is 0 Å². The van der Waals surface area contributed by atoms with Gasteiger partial charge in [-0.2, -0.15) is 0 Å². The average Bonchev–Trinajstić information content (AvgIpc) is 2.25. The highest BCUT2D eigenvalue weighted by Gasteiger charge is 2.04. The second-order valence-electron chi connectivity index (χ2n) is 4.24. The number of nitrogens with zero attached hydrogens (tertiary/aromatic N) is 1. The fourth-order valence-electron chi connectivity index (χ4n) is 1.46. The van der Waals surface area contributed by atoms with Crippen molar-refractivity contribution in [1.29, 1.82) is 0 Å². The molecule has 16 heavy (non-hydrogen) atoms. The number of hydrogen-bond donors (Lipinski definition) is 0. The van der Waals surface area contributed by atoms with Gasteiger partial charge in [-0.3, -0.25) is 4.98 Å². The summed E-state index contributed by atoms with van der Waals surface area (Å²) in [7, 11) is 0. The maximum Gasteiger partial charge on any atom is 0.138 e. The van der Waals surface area contributed by atoms with Crippen molar-refractivity contribution in [2.75, 3.05) is 0 Å². The molecule has 0 radical (unpaired) electrons. The highest BCUT2D eigenvalue weighted by Crippen LogP contribution is 2.17. The van der Waals surface area contributed by atoms with Gasteiger partial charge >= 0.3 is 0 Å². The molecule has 1 aromatic heterocycles. The maximum atomic E-state index is 5.61. The van der Waals surface area contributed by atoms with E-state index >= 15 is 0 Å². The van der Waals surface area contributed by atoms with Crippen molar-refractivity contribution in [3.05, 3.63) is 24.0 Å². The Bertz CT molecular complexity index is 315. The molecule has 0 aromatic carbocycles. The lowest BCUT2D eigenvalue weighted by atomic mass is 10.1. The predicted molar refractivity (Wildman–Crippen MR) is 71.3 cm³/mol. The van der Waals surface area contributed by atoms with Crippen molar-refractivity contribution in [1.82, 2.24) is 4.98 Å². The van der Waals surface area contributed by atoms with Crippen molar-refractivity contribution < 1.29 is 4.74 Å². The minimum Gasteiger partial charge on any atom is -0.489 e. The fourth-order valence-corrected chi connectivity index (χ4v) is 1.69. The smallest absolute Gasteiger partial charge is 0.138 e. The van der Waals surface area contributed by atoms with Gasteiger partial charge in [0.05, 0.1) is 12.3 Å². The largest absolute Gasteiger partial charge is 0.489 e. The van der Waals surface area contributed by atoms with E-state index in [0.717, 1.165) is 25.0 Å². The molecule has 0 aliphatic heterocycles. The summed E-state index contributed by atoms with van der Waals surface area (Å²) in [4.78, 5) is 4.80. The average molecular weight is 286 g/mol. The summed E-state index contributed by atoms with van der Waals surface area (Å²) in [6.45, 7) is 6.24. The molecule has 0 spiro atoms. The zero-order chi connectivity index (χ0) is 12.0. The molecule has 0 aliphatic rings. The Hall–Kier alpha value is -0.570. The summed E-state index contributed by atoms with van der Waals surface area (Å²) in [5.41, 5.74) is 1.25. The Balaban J connectivity index is 2.53. The van der Waals surface area contributed by atoms with Crippen LogP contribution in [0.1, 0.15) is 39.2 Å². The third kappa shape index (κ3) is 4.97. The fraction of sp³-hybridized carbons (Fsp3) is 0.615. The molecule has 3 heteroatoms. The molecule has 2 nitrogen and oxygen atoms in total. The Labute approximate surface area is 107 Å². The molecular formula is C13H20BrNO. The van der Waals surface area contributed by atoms with Gasteiger partial charge in [-0.1, -0.05) is 22.9 Å². The van der Waals surface area contributed by atoms with Crippen LogP contribution in [0.25, 0.3) is 0 Å². The lowest BCUT2D eigenvalue weighted by molar-refractivity contribution is 0.241. The molecule has 1 aromatic rings. The summed E-state index contributed by atoms with van der Waals surface area (Å²) in [6.07, 6.45) is 7.25. The molecular weight excluding hydrogens is 266 g/mol. The first-order valence-corrected chi connectivity index (χ1v) is 6.78. The molecule has 1 heterocycles. The number of aromatic nitrogens is 1. The first-order valence-electron chi connectivity index (χ1n) is 5.86. The van der Waals surface area contributed by atoms with Gasteiger partial charge < -0.3 is 4.74 Å². The van der Waals surface area contributed by atoms with Gasteiger partial charge in [0.1, 0.15) is 5.75 Å². The van der Waals surface area contributed by atoms with Crippen molar-refractivity contribution in [2.45, 2.75) is 51.0 Å². The van der Waals surface area contributed by atoms with Gasteiger partial charge in [0.15, 0.2) is 0 Å². The van der Waals surface area contributed by atoms with Crippen molar-refractivity contribution in [3.63, 3.8) is 0 Å². The second kappa shape index (κ2) is 6.89. The highest BCUT2D eigenvalue weighted by molar-refractivity contribution is 9.09. The van der Waals surface area contributed by atoms with E-state index in [4.69, 9.17) is 4.74 Å². The van der Waals surface area contributed by atoms with E-state index < -0.39 is 0 Å². The molecule has 0 saturated carbocycles. The molecule has 1 unspecified atom stereocenters. The molecule has 0 saturated heterocycles. The van der Waals surface area contributed by atoms with E-state index in [-0.39, 0.29) is 6.10 Å². The van der Waals surface area contributed by atoms with Gasteiger partial charge in [0.25, 0.3) is 0 Å². The van der Waals surface area contributed by atoms with E-state index in [0.29, 0.717) is 4.83 Å². The Morgan fingerprint density at radius 3 is 2.75 bits per heavy atom. The van der Waals surface area contributed by atoms with Gasteiger partial charge in [-0.15, -0.1) is 0 Å². The summed E-state index contributed by atoms with van der Waals surface area (Å²) >= 11 is 3.64. The highest BCUT2D eigenvalue weighted by atomic mass is 79.9. The minimum absolute atomic E-state index is 0.205. The number of alkyl halides is 1. The van der Waals surface area contributed by atoms with Gasteiger partial charge in [0, 0.05) is 11.0 Å². The molecule has 0 N–H and O–H groups in total.